The van der Waals surface area contributed by atoms with E-state index in [1.807, 2.05) is 0 Å². The molecule has 4 aromatic rings. The third kappa shape index (κ3) is 11.8. The van der Waals surface area contributed by atoms with Gasteiger partial charge in [0.1, 0.15) is 42.0 Å². The highest BCUT2D eigenvalue weighted by Gasteiger charge is 2.43. The van der Waals surface area contributed by atoms with Crippen molar-refractivity contribution in [3.05, 3.63) is 83.0 Å². The van der Waals surface area contributed by atoms with E-state index in [0.717, 1.165) is 26.9 Å². The number of methoxy groups -OCH3 is 2. The molecule has 22 heteroatoms. The Morgan fingerprint density at radius 3 is 2.31 bits per heavy atom. The second-order valence-electron chi connectivity index (χ2n) is 12.4. The van der Waals surface area contributed by atoms with Crippen LogP contribution in [0.4, 0.5) is 28.4 Å². The molecule has 17 nitrogen and oxygen atoms in total. The Morgan fingerprint density at radius 2 is 1.67 bits per heavy atom. The number of pyridine rings is 1. The van der Waals surface area contributed by atoms with Crippen LogP contribution >= 0.6 is 19.1 Å². The molecule has 4 amide bonds. The Labute approximate surface area is 332 Å². The molecule has 58 heavy (non-hydrogen) atoms. The molecule has 5 rings (SSSR count). The van der Waals surface area contributed by atoms with Gasteiger partial charge in [0.25, 0.3) is 5.91 Å². The third-order valence-electron chi connectivity index (χ3n) is 7.83. The Hall–Kier alpha value is -5.95. The largest absolute Gasteiger partial charge is 0.496 e. The van der Waals surface area contributed by atoms with Crippen molar-refractivity contribution in [1.82, 2.24) is 20.7 Å². The Morgan fingerprint density at radius 1 is 0.966 bits per heavy atom. The summed E-state index contributed by atoms with van der Waals surface area (Å²) in [6, 6.07) is 12.7. The summed E-state index contributed by atoms with van der Waals surface area (Å²) in [5.74, 6) is -4.65. The number of imide groups is 1. The van der Waals surface area contributed by atoms with E-state index in [9.17, 15) is 41.7 Å². The first kappa shape index (κ1) is 43.2. The number of amides is 4. The highest BCUT2D eigenvalue weighted by atomic mass is 35.5. The van der Waals surface area contributed by atoms with Gasteiger partial charge in [0.05, 0.1) is 28.9 Å². The topological polar surface area (TPSA) is 219 Å². The van der Waals surface area contributed by atoms with Crippen LogP contribution in [-0.2, 0) is 35.0 Å². The van der Waals surface area contributed by atoms with Gasteiger partial charge in [-0.15, -0.1) is 0 Å². The van der Waals surface area contributed by atoms with Crippen LogP contribution in [0.2, 0.25) is 5.02 Å². The molecule has 1 unspecified atom stereocenters. The van der Waals surface area contributed by atoms with E-state index in [1.54, 1.807) is 18.2 Å². The molecular formula is C36H34ClF3N5O12P. The second kappa shape index (κ2) is 18.5. The molecule has 1 aliphatic rings. The zero-order valence-corrected chi connectivity index (χ0v) is 32.3. The van der Waals surface area contributed by atoms with Crippen LogP contribution in [0.25, 0.3) is 10.9 Å². The van der Waals surface area contributed by atoms with Crippen LogP contribution in [0.3, 0.4) is 0 Å². The maximum atomic E-state index is 13.3. The number of anilines is 1. The first-order chi connectivity index (χ1) is 27.5. The lowest BCUT2D eigenvalue weighted by Gasteiger charge is -2.22. The molecule has 0 bridgehead atoms. The number of aromatic nitrogens is 1. The van der Waals surface area contributed by atoms with Crippen molar-refractivity contribution in [1.29, 1.82) is 0 Å². The fraction of sp³-hybridized carbons (Fsp3) is 0.278. The molecular weight excluding hydrogens is 818 g/mol. The fourth-order valence-electron chi connectivity index (χ4n) is 4.95. The molecule has 1 saturated carbocycles. The molecule has 1 aromatic heterocycles. The fourth-order valence-corrected chi connectivity index (χ4v) is 6.85. The smallest absolute Gasteiger partial charge is 0.491 e. The molecule has 1 aliphatic carbocycles. The van der Waals surface area contributed by atoms with Crippen LogP contribution in [-0.4, -0.2) is 73.8 Å². The van der Waals surface area contributed by atoms with Gasteiger partial charge in [-0.05, 0) is 61.7 Å². The number of alkyl halides is 3. The Balaban J connectivity index is 1.19. The van der Waals surface area contributed by atoms with Gasteiger partial charge in [0.15, 0.2) is 0 Å². The Kier molecular flexibility index (Phi) is 13.8. The molecule has 1 fully saturated rings. The number of ether oxygens (including phenoxy) is 5. The van der Waals surface area contributed by atoms with Crippen molar-refractivity contribution >= 4 is 65.7 Å². The number of carbonyl (C=O) groups is 5. The number of nitrogens with one attached hydrogen (secondary N) is 4. The third-order valence-corrected chi connectivity index (χ3v) is 10.0. The van der Waals surface area contributed by atoms with Gasteiger partial charge < -0.3 is 38.8 Å². The lowest BCUT2D eigenvalue weighted by atomic mass is 10.1. The minimum Gasteiger partial charge on any atom is -0.496 e. The van der Waals surface area contributed by atoms with Crippen LogP contribution in [0.1, 0.15) is 35.7 Å². The number of benzene rings is 3. The summed E-state index contributed by atoms with van der Waals surface area (Å²) in [4.78, 5) is 65.4. The number of carbonyl (C=O) groups excluding carboxylic acids is 5. The van der Waals surface area contributed by atoms with E-state index >= 15 is 0 Å². The number of fused-ring (bicyclic) bond motifs is 1. The van der Waals surface area contributed by atoms with Gasteiger partial charge in [0.2, 0.25) is 0 Å². The number of hydrogen-bond donors (Lipinski definition) is 4. The number of urea groups is 1. The summed E-state index contributed by atoms with van der Waals surface area (Å²) in [6.45, 7) is 0.659. The monoisotopic (exact) mass is 851 g/mol. The predicted octanol–water partition coefficient (Wildman–Crippen LogP) is 6.83. The molecule has 0 aliphatic heterocycles. The van der Waals surface area contributed by atoms with Crippen molar-refractivity contribution < 1.29 is 69.9 Å². The lowest BCUT2D eigenvalue weighted by molar-refractivity contribution is -0.202. The number of rotatable bonds is 15. The van der Waals surface area contributed by atoms with E-state index in [4.69, 9.17) is 35.1 Å². The quantitative estimate of drug-likeness (QED) is 0.0548. The molecule has 308 valence electrons. The van der Waals surface area contributed by atoms with E-state index < -0.39 is 50.0 Å². The summed E-state index contributed by atoms with van der Waals surface area (Å²) in [5, 5.41) is 10.4. The summed E-state index contributed by atoms with van der Waals surface area (Å²) in [5.41, 5.74) is 1.09. The average Bonchev–Trinajstić information content (AvgIpc) is 3.98. The highest BCUT2D eigenvalue weighted by Crippen LogP contribution is 2.43. The summed E-state index contributed by atoms with van der Waals surface area (Å²) in [6.07, 6.45) is -3.84. The first-order valence-electron chi connectivity index (χ1n) is 16.9. The second-order valence-corrected chi connectivity index (χ2v) is 14.9. The lowest BCUT2D eigenvalue weighted by Crippen LogP contribution is -2.39. The van der Waals surface area contributed by atoms with Gasteiger partial charge in [-0.2, -0.15) is 13.2 Å². The summed E-state index contributed by atoms with van der Waals surface area (Å²) in [7, 11) is -1.64. The van der Waals surface area contributed by atoms with Crippen molar-refractivity contribution in [2.45, 2.75) is 44.6 Å². The van der Waals surface area contributed by atoms with Crippen LogP contribution < -0.4 is 35.0 Å². The molecule has 1 heterocycles. The van der Waals surface area contributed by atoms with Gasteiger partial charge in [-0.25, -0.2) is 24.3 Å². The first-order valence-corrected chi connectivity index (χ1v) is 19.1. The number of esters is 2. The summed E-state index contributed by atoms with van der Waals surface area (Å²) >= 11 is 6.40. The van der Waals surface area contributed by atoms with Crippen LogP contribution in [0.5, 0.6) is 23.0 Å². The zero-order valence-electron chi connectivity index (χ0n) is 30.6. The van der Waals surface area contributed by atoms with E-state index in [1.165, 1.54) is 55.8 Å². The van der Waals surface area contributed by atoms with E-state index in [-0.39, 0.29) is 46.5 Å². The predicted molar refractivity (Wildman–Crippen MR) is 199 cm³/mol. The molecule has 0 radical (unpaired) electrons. The summed E-state index contributed by atoms with van der Waals surface area (Å²) < 4.78 is 81.4. The van der Waals surface area contributed by atoms with Crippen LogP contribution in [0, 0.1) is 0 Å². The van der Waals surface area contributed by atoms with Crippen molar-refractivity contribution in [2.24, 2.45) is 0 Å². The minimum absolute atomic E-state index is 0.0465. The van der Waals surface area contributed by atoms with Crippen molar-refractivity contribution in [3.8, 4) is 23.0 Å². The number of halogens is 4. The standard InChI is InChI=1S/C36H34ClF3N5O12P/c1-19(32(47)56-33(48)36(38,39)40)45-58(51,18-52-2)57-22-8-4-20(5-9-22)17-54-35(50)44-31(46)25-15-24-28(16-30(25)53-3)41-13-12-29(24)55-23-10-11-27(26(37)14-23)43-34(49)42-21-6-7-21/h4-5,8-16,19,21H,6-7,17-18H2,1-3H3,(H,45,51)(H2,42,43,49)(H,44,46,50)/t19-,58?/m0/s1. The number of alkyl carbamates (subject to hydrolysis) is 1. The maximum absolute atomic E-state index is 13.3. The highest BCUT2D eigenvalue weighted by molar-refractivity contribution is 7.57. The van der Waals surface area contributed by atoms with Crippen molar-refractivity contribution in [3.63, 3.8) is 0 Å². The SMILES string of the molecule is COCP(=O)(N[C@@H](C)C(=O)OC(=O)C(F)(F)F)Oc1ccc(COC(=O)NC(=O)c2cc3c(Oc4ccc(NC(=O)NC5CC5)c(Cl)c4)ccnc3cc2OC)cc1. The molecule has 0 saturated heterocycles. The zero-order chi connectivity index (χ0) is 42.2. The number of nitrogens with zero attached hydrogens (tertiary/aromatic N) is 1. The van der Waals surface area contributed by atoms with E-state index in [2.05, 4.69) is 30.8 Å². The van der Waals surface area contributed by atoms with Gasteiger partial charge in [-0.1, -0.05) is 23.7 Å². The number of hydrogen-bond acceptors (Lipinski definition) is 13. The maximum Gasteiger partial charge on any atom is 0.491 e. The molecule has 4 N–H and O–H groups in total. The molecule has 0 spiro atoms. The Bertz CT molecular complexity index is 2260. The van der Waals surface area contributed by atoms with Gasteiger partial charge >= 0.3 is 37.8 Å². The van der Waals surface area contributed by atoms with Gasteiger partial charge in [0, 0.05) is 36.9 Å². The molecule has 2 atom stereocenters. The van der Waals surface area contributed by atoms with Crippen molar-refractivity contribution in [2.75, 3.05) is 25.9 Å². The average molecular weight is 852 g/mol. The van der Waals surface area contributed by atoms with E-state index in [0.29, 0.717) is 27.9 Å². The minimum atomic E-state index is -5.42. The van der Waals surface area contributed by atoms with Crippen LogP contribution in [0.15, 0.2) is 66.9 Å². The molecule has 3 aromatic carbocycles. The van der Waals surface area contributed by atoms with Gasteiger partial charge in [-0.3, -0.25) is 19.7 Å². The normalized spacial score (nSPS) is 14.0.